The van der Waals surface area contributed by atoms with Crippen molar-refractivity contribution in [1.82, 2.24) is 4.57 Å². The fourth-order valence-electron chi connectivity index (χ4n) is 8.42. The summed E-state index contributed by atoms with van der Waals surface area (Å²) in [5.41, 5.74) is 11.7. The van der Waals surface area contributed by atoms with Crippen LogP contribution in [0.5, 0.6) is 0 Å². The molecule has 9 aromatic carbocycles. The summed E-state index contributed by atoms with van der Waals surface area (Å²) in [4.78, 5) is 2.47. The molecule has 0 bridgehead atoms. The van der Waals surface area contributed by atoms with Gasteiger partial charge >= 0.3 is 0 Å². The lowest BCUT2D eigenvalue weighted by atomic mass is 9.97. The number of aromatic nitrogens is 1. The molecule has 0 N–H and O–H groups in total. The highest BCUT2D eigenvalue weighted by Crippen LogP contribution is 2.47. The molecule has 11 rings (SSSR count). The molecule has 0 fully saturated rings. The van der Waals surface area contributed by atoms with E-state index < -0.39 is 0 Å². The number of fused-ring (bicyclic) bond motifs is 7. The smallest absolute Gasteiger partial charge is 0.0702 e. The molecule has 55 heavy (non-hydrogen) atoms. The van der Waals surface area contributed by atoms with Crippen LogP contribution in [-0.2, 0) is 0 Å². The normalized spacial score (nSPS) is 11.6. The topological polar surface area (TPSA) is 8.17 Å². The second kappa shape index (κ2) is 12.9. The zero-order chi connectivity index (χ0) is 36.3. The monoisotopic (exact) mass is 718 g/mol. The maximum absolute atomic E-state index is 2.47. The van der Waals surface area contributed by atoms with Crippen LogP contribution in [0, 0.1) is 0 Å². The van der Waals surface area contributed by atoms with E-state index >= 15 is 0 Å². The lowest BCUT2D eigenvalue weighted by Gasteiger charge is -2.29. The van der Waals surface area contributed by atoms with Gasteiger partial charge in [0, 0.05) is 36.6 Å². The number of anilines is 3. The van der Waals surface area contributed by atoms with Crippen LogP contribution in [0.15, 0.2) is 206 Å². The SMILES string of the molecule is c1cc(-c2ccc(N(c3ccccc3-n3c4ccccc4c4ccccc43)c3cccc4sc5ccccc5c34)cc2)cc(-c2ccc3ccccc3c2)c1. The van der Waals surface area contributed by atoms with Gasteiger partial charge in [-0.1, -0.05) is 140 Å². The molecule has 0 spiro atoms. The first-order valence-electron chi connectivity index (χ1n) is 18.8. The molecule has 0 aliphatic rings. The first-order chi connectivity index (χ1) is 27.3. The average molecular weight is 719 g/mol. The Bertz CT molecular complexity index is 3170. The lowest BCUT2D eigenvalue weighted by Crippen LogP contribution is -2.13. The van der Waals surface area contributed by atoms with E-state index in [1.165, 1.54) is 75.0 Å². The second-order valence-electron chi connectivity index (χ2n) is 14.1. The summed E-state index contributed by atoms with van der Waals surface area (Å²) in [6, 6.07) is 75.2. The van der Waals surface area contributed by atoms with Crippen LogP contribution < -0.4 is 4.90 Å². The van der Waals surface area contributed by atoms with Gasteiger partial charge in [0.05, 0.1) is 28.1 Å². The van der Waals surface area contributed by atoms with Crippen molar-refractivity contribution in [3.05, 3.63) is 206 Å². The zero-order valence-electron chi connectivity index (χ0n) is 29.9. The molecule has 0 saturated heterocycles. The van der Waals surface area contributed by atoms with Gasteiger partial charge in [0.1, 0.15) is 0 Å². The first kappa shape index (κ1) is 31.6. The number of rotatable bonds is 6. The van der Waals surface area contributed by atoms with Gasteiger partial charge in [-0.2, -0.15) is 0 Å². The van der Waals surface area contributed by atoms with Crippen molar-refractivity contribution >= 4 is 81.1 Å². The Kier molecular flexibility index (Phi) is 7.39. The minimum atomic E-state index is 1.10. The van der Waals surface area contributed by atoms with E-state index in [2.05, 4.69) is 216 Å². The summed E-state index contributed by atoms with van der Waals surface area (Å²) in [6.45, 7) is 0. The lowest BCUT2D eigenvalue weighted by molar-refractivity contribution is 1.15. The highest BCUT2D eigenvalue weighted by atomic mass is 32.1. The van der Waals surface area contributed by atoms with Gasteiger partial charge < -0.3 is 9.47 Å². The quantitative estimate of drug-likeness (QED) is 0.166. The average Bonchev–Trinajstić information content (AvgIpc) is 3.81. The first-order valence-corrected chi connectivity index (χ1v) is 19.6. The fraction of sp³-hybridized carbons (Fsp3) is 0. The Morgan fingerprint density at radius 1 is 0.364 bits per heavy atom. The maximum atomic E-state index is 2.47. The van der Waals surface area contributed by atoms with E-state index in [-0.39, 0.29) is 0 Å². The fourth-order valence-corrected chi connectivity index (χ4v) is 9.55. The highest BCUT2D eigenvalue weighted by Gasteiger charge is 2.23. The van der Waals surface area contributed by atoms with Gasteiger partial charge in [-0.25, -0.2) is 0 Å². The molecule has 2 nitrogen and oxygen atoms in total. The maximum Gasteiger partial charge on any atom is 0.0702 e. The van der Waals surface area contributed by atoms with Crippen molar-refractivity contribution in [2.75, 3.05) is 4.90 Å². The van der Waals surface area contributed by atoms with Crippen molar-refractivity contribution < 1.29 is 0 Å². The highest BCUT2D eigenvalue weighted by molar-refractivity contribution is 7.26. The summed E-state index contributed by atoms with van der Waals surface area (Å²) in [5, 5.41) is 7.56. The molecule has 0 unspecified atom stereocenters. The van der Waals surface area contributed by atoms with Crippen LogP contribution in [0.25, 0.3) is 80.7 Å². The Labute approximate surface area is 323 Å². The van der Waals surface area contributed by atoms with Crippen molar-refractivity contribution in [1.29, 1.82) is 0 Å². The molecule has 0 aliphatic heterocycles. The number of thiophene rings is 1. The van der Waals surface area contributed by atoms with E-state index in [1.807, 2.05) is 11.3 Å². The molecular formula is C52H34N2S. The van der Waals surface area contributed by atoms with E-state index in [1.54, 1.807) is 0 Å². The van der Waals surface area contributed by atoms with Crippen LogP contribution in [0.4, 0.5) is 17.1 Å². The summed E-state index contributed by atoms with van der Waals surface area (Å²) in [6.07, 6.45) is 0. The second-order valence-corrected chi connectivity index (χ2v) is 15.2. The number of benzene rings is 9. The van der Waals surface area contributed by atoms with E-state index in [0.29, 0.717) is 0 Å². The van der Waals surface area contributed by atoms with Crippen LogP contribution in [0.3, 0.4) is 0 Å². The molecule has 0 amide bonds. The summed E-state index contributed by atoms with van der Waals surface area (Å²) in [7, 11) is 0. The number of para-hydroxylation sites is 4. The minimum absolute atomic E-state index is 1.10. The van der Waals surface area contributed by atoms with Gasteiger partial charge in [0.2, 0.25) is 0 Å². The van der Waals surface area contributed by atoms with Crippen molar-refractivity contribution in [2.45, 2.75) is 0 Å². The number of hydrogen-bond acceptors (Lipinski definition) is 2. The third-order valence-corrected chi connectivity index (χ3v) is 12.1. The molecule has 0 aliphatic carbocycles. The predicted molar refractivity (Wildman–Crippen MR) is 237 cm³/mol. The third kappa shape index (κ3) is 5.24. The molecule has 3 heteroatoms. The molecule has 11 aromatic rings. The largest absolute Gasteiger partial charge is 0.308 e. The van der Waals surface area contributed by atoms with Crippen LogP contribution >= 0.6 is 11.3 Å². The van der Waals surface area contributed by atoms with Crippen molar-refractivity contribution in [3.8, 4) is 27.9 Å². The molecule has 2 heterocycles. The molecule has 258 valence electrons. The standard InChI is InChI=1S/C52H34N2S/c1-2-14-37-34-40(28-27-35(37)13-1)39-16-11-15-38(33-39)36-29-31-41(32-30-36)53(49-24-12-26-51-52(49)44-19-5-10-25-50(44)55-51)47-22-8-9-23-48(47)54-45-20-6-3-17-42(45)43-18-4-7-21-46(43)54/h1-34H. The van der Waals surface area contributed by atoms with Gasteiger partial charge in [0.15, 0.2) is 0 Å². The number of nitrogens with zero attached hydrogens (tertiary/aromatic N) is 2. The van der Waals surface area contributed by atoms with Gasteiger partial charge in [0.25, 0.3) is 0 Å². The summed E-state index contributed by atoms with van der Waals surface area (Å²) < 4.78 is 5.01. The third-order valence-electron chi connectivity index (χ3n) is 11.0. The van der Waals surface area contributed by atoms with E-state index in [9.17, 15) is 0 Å². The Morgan fingerprint density at radius 2 is 0.927 bits per heavy atom. The molecule has 0 saturated carbocycles. The van der Waals surface area contributed by atoms with E-state index in [0.717, 1.165) is 22.7 Å². The molecule has 0 radical (unpaired) electrons. The minimum Gasteiger partial charge on any atom is -0.308 e. The zero-order valence-corrected chi connectivity index (χ0v) is 30.7. The Morgan fingerprint density at radius 3 is 1.73 bits per heavy atom. The Hall–Kier alpha value is -6.94. The molecule has 0 atom stereocenters. The van der Waals surface area contributed by atoms with Crippen molar-refractivity contribution in [2.24, 2.45) is 0 Å². The van der Waals surface area contributed by atoms with Gasteiger partial charge in [-0.3, -0.25) is 0 Å². The molecule has 2 aromatic heterocycles. The molecular weight excluding hydrogens is 685 g/mol. The van der Waals surface area contributed by atoms with Crippen LogP contribution in [0.2, 0.25) is 0 Å². The van der Waals surface area contributed by atoms with Gasteiger partial charge in [-0.05, 0) is 99.8 Å². The van der Waals surface area contributed by atoms with Crippen LogP contribution in [0.1, 0.15) is 0 Å². The Balaban J connectivity index is 1.10. The van der Waals surface area contributed by atoms with E-state index in [4.69, 9.17) is 0 Å². The summed E-state index contributed by atoms with van der Waals surface area (Å²) in [5.74, 6) is 0. The van der Waals surface area contributed by atoms with Gasteiger partial charge in [-0.15, -0.1) is 11.3 Å². The predicted octanol–water partition coefficient (Wildman–Crippen LogP) is 15.1. The van der Waals surface area contributed by atoms with Crippen LogP contribution in [-0.4, -0.2) is 4.57 Å². The summed E-state index contributed by atoms with van der Waals surface area (Å²) >= 11 is 1.86. The van der Waals surface area contributed by atoms with Crippen molar-refractivity contribution in [3.63, 3.8) is 0 Å². The number of hydrogen-bond donors (Lipinski definition) is 0.